The molecule has 0 aliphatic heterocycles. The zero-order valence-electron chi connectivity index (χ0n) is 15.0. The van der Waals surface area contributed by atoms with Crippen LogP contribution in [0.15, 0.2) is 54.6 Å². The van der Waals surface area contributed by atoms with Crippen molar-refractivity contribution in [2.24, 2.45) is 5.73 Å². The van der Waals surface area contributed by atoms with Crippen LogP contribution in [0.25, 0.3) is 6.08 Å². The molecule has 0 fully saturated rings. The van der Waals surface area contributed by atoms with E-state index in [0.29, 0.717) is 22.4 Å². The van der Waals surface area contributed by atoms with Crippen molar-refractivity contribution < 1.29 is 28.7 Å². The molecule has 0 aromatic heterocycles. The van der Waals surface area contributed by atoms with Gasteiger partial charge in [-0.05, 0) is 48.0 Å². The van der Waals surface area contributed by atoms with Crippen molar-refractivity contribution in [2.75, 3.05) is 19.0 Å². The maximum atomic E-state index is 11.8. The third-order valence-electron chi connectivity index (χ3n) is 3.54. The quantitative estimate of drug-likeness (QED) is 0.555. The summed E-state index contributed by atoms with van der Waals surface area (Å²) >= 11 is 0. The minimum atomic E-state index is -0.698. The summed E-state index contributed by atoms with van der Waals surface area (Å²) in [5.41, 5.74) is 6.95. The highest BCUT2D eigenvalue weighted by atomic mass is 16.5. The first kappa shape index (κ1) is 20.4. The van der Waals surface area contributed by atoms with Gasteiger partial charge in [0.05, 0.1) is 12.7 Å². The molecule has 0 aliphatic rings. The highest BCUT2D eigenvalue weighted by Crippen LogP contribution is 2.09. The molecule has 0 heterocycles. The minimum Gasteiger partial charge on any atom is -0.465 e. The van der Waals surface area contributed by atoms with Gasteiger partial charge in [0, 0.05) is 17.3 Å². The molecule has 2 aromatic rings. The van der Waals surface area contributed by atoms with Gasteiger partial charge < -0.3 is 20.5 Å². The molecule has 0 spiro atoms. The van der Waals surface area contributed by atoms with Gasteiger partial charge >= 0.3 is 11.9 Å². The fourth-order valence-corrected chi connectivity index (χ4v) is 2.11. The van der Waals surface area contributed by atoms with Crippen molar-refractivity contribution in [3.8, 4) is 0 Å². The number of anilines is 1. The molecule has 0 atom stereocenters. The minimum absolute atomic E-state index is 0.314. The van der Waals surface area contributed by atoms with Crippen LogP contribution >= 0.6 is 0 Å². The average Bonchev–Trinajstić information content (AvgIpc) is 2.71. The Balaban J connectivity index is 1.81. The number of methoxy groups -OCH3 is 1. The second kappa shape index (κ2) is 9.67. The molecule has 28 heavy (non-hydrogen) atoms. The zero-order chi connectivity index (χ0) is 20.5. The topological polar surface area (TPSA) is 125 Å². The lowest BCUT2D eigenvalue weighted by molar-refractivity contribution is -0.142. The molecule has 0 unspecified atom stereocenters. The molecule has 2 rings (SSSR count). The van der Waals surface area contributed by atoms with Crippen LogP contribution in [0.3, 0.4) is 0 Å². The Kier molecular flexibility index (Phi) is 7.04. The molecular weight excluding hydrogens is 364 g/mol. The molecule has 2 aromatic carbocycles. The fourth-order valence-electron chi connectivity index (χ4n) is 2.11. The number of hydrogen-bond donors (Lipinski definition) is 2. The van der Waals surface area contributed by atoms with E-state index in [-0.39, 0.29) is 0 Å². The molecule has 3 N–H and O–H groups in total. The van der Waals surface area contributed by atoms with Crippen LogP contribution in [-0.4, -0.2) is 37.5 Å². The summed E-state index contributed by atoms with van der Waals surface area (Å²) in [7, 11) is 1.29. The molecular formula is C20H18N2O6. The van der Waals surface area contributed by atoms with E-state index >= 15 is 0 Å². The van der Waals surface area contributed by atoms with Gasteiger partial charge in [0.25, 0.3) is 5.91 Å². The van der Waals surface area contributed by atoms with Crippen LogP contribution < -0.4 is 11.1 Å². The normalized spacial score (nSPS) is 10.3. The van der Waals surface area contributed by atoms with Gasteiger partial charge in [-0.2, -0.15) is 0 Å². The third kappa shape index (κ3) is 6.10. The van der Waals surface area contributed by atoms with Crippen LogP contribution in [0, 0.1) is 0 Å². The molecule has 0 radical (unpaired) electrons. The van der Waals surface area contributed by atoms with E-state index in [1.54, 1.807) is 24.3 Å². The van der Waals surface area contributed by atoms with Crippen molar-refractivity contribution in [1.29, 1.82) is 0 Å². The van der Waals surface area contributed by atoms with Gasteiger partial charge in [-0.15, -0.1) is 0 Å². The van der Waals surface area contributed by atoms with Gasteiger partial charge in [0.1, 0.15) is 0 Å². The Bertz CT molecular complexity index is 901. The largest absolute Gasteiger partial charge is 0.465 e. The first-order valence-electron chi connectivity index (χ1n) is 8.12. The van der Waals surface area contributed by atoms with Gasteiger partial charge in [-0.25, -0.2) is 9.59 Å². The van der Waals surface area contributed by atoms with E-state index in [1.165, 1.54) is 43.5 Å². The van der Waals surface area contributed by atoms with E-state index in [9.17, 15) is 19.2 Å². The number of hydrogen-bond acceptors (Lipinski definition) is 6. The molecule has 2 amide bonds. The summed E-state index contributed by atoms with van der Waals surface area (Å²) in [6.07, 6.45) is 2.66. The van der Waals surface area contributed by atoms with E-state index < -0.39 is 30.4 Å². The third-order valence-corrected chi connectivity index (χ3v) is 3.54. The van der Waals surface area contributed by atoms with Gasteiger partial charge in [-0.3, -0.25) is 9.59 Å². The molecule has 144 valence electrons. The summed E-state index contributed by atoms with van der Waals surface area (Å²) in [4.78, 5) is 45.8. The zero-order valence-corrected chi connectivity index (χ0v) is 15.0. The molecule has 8 heteroatoms. The Morgan fingerprint density at radius 3 is 2.14 bits per heavy atom. The van der Waals surface area contributed by atoms with E-state index in [4.69, 9.17) is 10.5 Å². The van der Waals surface area contributed by atoms with Crippen LogP contribution in [0.4, 0.5) is 5.69 Å². The van der Waals surface area contributed by atoms with Crippen LogP contribution in [0.1, 0.15) is 26.3 Å². The number of amides is 2. The molecule has 0 aliphatic carbocycles. The van der Waals surface area contributed by atoms with Crippen LogP contribution in [0.2, 0.25) is 0 Å². The SMILES string of the molecule is COC(=O)c1ccc(/C=C/C(=O)OCC(=O)Nc2ccc(C(N)=O)cc2)cc1. The van der Waals surface area contributed by atoms with Crippen molar-refractivity contribution >= 4 is 35.5 Å². The lowest BCUT2D eigenvalue weighted by atomic mass is 10.1. The summed E-state index contributed by atoms with van der Waals surface area (Å²) in [5, 5.41) is 2.52. The number of ether oxygens (including phenoxy) is 2. The highest BCUT2D eigenvalue weighted by molar-refractivity contribution is 5.96. The summed E-state index contributed by atoms with van der Waals surface area (Å²) < 4.78 is 9.45. The van der Waals surface area contributed by atoms with Crippen molar-refractivity contribution in [2.45, 2.75) is 0 Å². The Morgan fingerprint density at radius 1 is 0.964 bits per heavy atom. The van der Waals surface area contributed by atoms with Gasteiger partial charge in [0.2, 0.25) is 5.91 Å². The van der Waals surface area contributed by atoms with E-state index in [0.717, 1.165) is 0 Å². The van der Waals surface area contributed by atoms with Crippen LogP contribution in [0.5, 0.6) is 0 Å². The predicted molar refractivity (Wildman–Crippen MR) is 101 cm³/mol. The Morgan fingerprint density at radius 2 is 1.57 bits per heavy atom. The summed E-state index contributed by atoms with van der Waals surface area (Å²) in [6, 6.07) is 12.4. The van der Waals surface area contributed by atoms with Gasteiger partial charge in [-0.1, -0.05) is 12.1 Å². The second-order valence-corrected chi connectivity index (χ2v) is 5.54. The lowest BCUT2D eigenvalue weighted by Crippen LogP contribution is -2.20. The number of rotatable bonds is 7. The number of esters is 2. The smallest absolute Gasteiger partial charge is 0.337 e. The number of nitrogens with one attached hydrogen (secondary N) is 1. The fraction of sp³-hybridized carbons (Fsp3) is 0.100. The number of primary amides is 1. The standard InChI is InChI=1S/C20H18N2O6/c1-27-20(26)15-5-2-13(3-6-15)4-11-18(24)28-12-17(23)22-16-9-7-14(8-10-16)19(21)25/h2-11H,12H2,1H3,(H2,21,25)(H,22,23)/b11-4+. The van der Waals surface area contributed by atoms with E-state index in [2.05, 4.69) is 10.1 Å². The summed E-state index contributed by atoms with van der Waals surface area (Å²) in [5.74, 6) is -2.25. The first-order valence-corrected chi connectivity index (χ1v) is 8.12. The predicted octanol–water partition coefficient (Wildman–Crippen LogP) is 1.77. The number of carbonyl (C=O) groups excluding carboxylic acids is 4. The molecule has 0 saturated heterocycles. The van der Waals surface area contributed by atoms with Gasteiger partial charge in [0.15, 0.2) is 6.61 Å². The second-order valence-electron chi connectivity index (χ2n) is 5.54. The van der Waals surface area contributed by atoms with E-state index in [1.807, 2.05) is 0 Å². The Hall–Kier alpha value is -3.94. The maximum Gasteiger partial charge on any atom is 0.337 e. The monoisotopic (exact) mass is 382 g/mol. The number of nitrogens with two attached hydrogens (primary N) is 1. The Labute approximate surface area is 160 Å². The molecule has 0 saturated carbocycles. The van der Waals surface area contributed by atoms with Crippen molar-refractivity contribution in [3.05, 3.63) is 71.3 Å². The number of benzene rings is 2. The molecule has 0 bridgehead atoms. The lowest BCUT2D eigenvalue weighted by Gasteiger charge is -2.06. The summed E-state index contributed by atoms with van der Waals surface area (Å²) in [6.45, 7) is -0.470. The van der Waals surface area contributed by atoms with Crippen molar-refractivity contribution in [3.63, 3.8) is 0 Å². The first-order chi connectivity index (χ1) is 13.4. The highest BCUT2D eigenvalue weighted by Gasteiger charge is 2.07. The number of carbonyl (C=O) groups is 4. The van der Waals surface area contributed by atoms with Crippen LogP contribution in [-0.2, 0) is 19.1 Å². The van der Waals surface area contributed by atoms with Crippen molar-refractivity contribution in [1.82, 2.24) is 0 Å². The maximum absolute atomic E-state index is 11.8. The average molecular weight is 382 g/mol. The molecule has 8 nitrogen and oxygen atoms in total.